The molecule has 0 bridgehead atoms. The molecule has 3 aliphatic heterocycles. The number of halogens is 3. The van der Waals surface area contributed by atoms with E-state index in [-0.39, 0.29) is 31.3 Å². The van der Waals surface area contributed by atoms with Gasteiger partial charge in [0.25, 0.3) is 11.5 Å². The maximum absolute atomic E-state index is 14.0. The first-order valence-corrected chi connectivity index (χ1v) is 11.8. The highest BCUT2D eigenvalue weighted by molar-refractivity contribution is 5.87. The molecular formula is C26H27F3N2O4. The Bertz CT molecular complexity index is 1130. The van der Waals surface area contributed by atoms with Gasteiger partial charge in [0.1, 0.15) is 5.75 Å². The number of rotatable bonds is 3. The van der Waals surface area contributed by atoms with Crippen LogP contribution >= 0.6 is 0 Å². The third-order valence-electron chi connectivity index (χ3n) is 7.83. The quantitative estimate of drug-likeness (QED) is 0.695. The number of para-hydroxylation sites is 1. The molecule has 5 rings (SSSR count). The van der Waals surface area contributed by atoms with Gasteiger partial charge in [-0.3, -0.25) is 9.59 Å². The van der Waals surface area contributed by atoms with Gasteiger partial charge in [-0.25, -0.2) is 0 Å². The molecule has 2 atom stereocenters. The summed E-state index contributed by atoms with van der Waals surface area (Å²) in [4.78, 5) is 26.7. The van der Waals surface area contributed by atoms with Crippen molar-refractivity contribution in [1.29, 1.82) is 0 Å². The molecule has 2 fully saturated rings. The number of piperidine rings is 2. The molecule has 0 saturated carbocycles. The number of hydrogen-bond acceptors (Lipinski definition) is 4. The van der Waals surface area contributed by atoms with Gasteiger partial charge in [-0.1, -0.05) is 48.5 Å². The first-order valence-electron chi connectivity index (χ1n) is 11.8. The lowest BCUT2D eigenvalue weighted by atomic mass is 9.62. The smallest absolute Gasteiger partial charge is 0.430 e. The Balaban J connectivity index is 1.42. The van der Waals surface area contributed by atoms with E-state index < -0.39 is 28.7 Å². The molecule has 35 heavy (non-hydrogen) atoms. The van der Waals surface area contributed by atoms with E-state index in [4.69, 9.17) is 4.74 Å². The monoisotopic (exact) mass is 488 g/mol. The summed E-state index contributed by atoms with van der Waals surface area (Å²) in [6, 6.07) is 12.4. The summed E-state index contributed by atoms with van der Waals surface area (Å²) in [5.74, 6) is -0.736. The number of nitrogens with zero attached hydrogens (tertiary/aromatic N) is 1. The van der Waals surface area contributed by atoms with Crippen LogP contribution in [0.3, 0.4) is 0 Å². The number of likely N-dealkylation sites (tertiary alicyclic amines) is 1. The molecule has 2 saturated heterocycles. The highest BCUT2D eigenvalue weighted by Gasteiger charge is 2.62. The van der Waals surface area contributed by atoms with Crippen LogP contribution in [-0.2, 0) is 21.6 Å². The van der Waals surface area contributed by atoms with Crippen molar-refractivity contribution in [3.8, 4) is 5.75 Å². The number of carbonyl (C=O) groups excluding carboxylic acids is 2. The zero-order chi connectivity index (χ0) is 24.8. The maximum atomic E-state index is 14.0. The highest BCUT2D eigenvalue weighted by Crippen LogP contribution is 2.52. The second kappa shape index (κ2) is 8.55. The van der Waals surface area contributed by atoms with E-state index in [9.17, 15) is 27.9 Å². The van der Waals surface area contributed by atoms with Gasteiger partial charge in [0.05, 0.1) is 6.61 Å². The van der Waals surface area contributed by atoms with Crippen LogP contribution in [0.4, 0.5) is 13.2 Å². The van der Waals surface area contributed by atoms with Crippen LogP contribution in [0.15, 0.2) is 48.5 Å². The topological polar surface area (TPSA) is 78.9 Å². The first-order chi connectivity index (χ1) is 16.7. The third kappa shape index (κ3) is 3.86. The summed E-state index contributed by atoms with van der Waals surface area (Å²) in [5, 5.41) is 13.7. The summed E-state index contributed by atoms with van der Waals surface area (Å²) in [7, 11) is 0. The Hall–Kier alpha value is -3.07. The summed E-state index contributed by atoms with van der Waals surface area (Å²) in [6.45, 7) is 1.03. The molecule has 2 aromatic rings. The van der Waals surface area contributed by atoms with E-state index in [0.717, 1.165) is 40.3 Å². The molecule has 6 nitrogen and oxygen atoms in total. The first kappa shape index (κ1) is 23.7. The molecule has 0 aromatic heterocycles. The van der Waals surface area contributed by atoms with Crippen molar-refractivity contribution in [2.24, 2.45) is 5.41 Å². The van der Waals surface area contributed by atoms with E-state index in [1.165, 1.54) is 18.2 Å². The van der Waals surface area contributed by atoms with Gasteiger partial charge >= 0.3 is 6.18 Å². The fraction of sp³-hybridized carbons (Fsp3) is 0.462. The van der Waals surface area contributed by atoms with Gasteiger partial charge in [-0.2, -0.15) is 13.2 Å². The van der Waals surface area contributed by atoms with Crippen molar-refractivity contribution in [2.75, 3.05) is 26.2 Å². The van der Waals surface area contributed by atoms with Crippen molar-refractivity contribution < 1.29 is 32.6 Å². The highest BCUT2D eigenvalue weighted by atomic mass is 19.4. The lowest BCUT2D eigenvalue weighted by Crippen LogP contribution is -2.59. The molecule has 2 amide bonds. The van der Waals surface area contributed by atoms with Crippen molar-refractivity contribution >= 4 is 11.8 Å². The lowest BCUT2D eigenvalue weighted by molar-refractivity contribution is -0.262. The van der Waals surface area contributed by atoms with Gasteiger partial charge in [-0.15, -0.1) is 0 Å². The molecule has 3 aliphatic rings. The number of nitrogens with one attached hydrogen (secondary N) is 1. The summed E-state index contributed by atoms with van der Waals surface area (Å²) in [6.07, 6.45) is -3.44. The molecule has 2 N–H and O–H groups in total. The summed E-state index contributed by atoms with van der Waals surface area (Å²) in [5.41, 5.74) is -2.54. The molecule has 0 aliphatic carbocycles. The molecule has 1 spiro atoms. The number of carbonyl (C=O) groups is 2. The fourth-order valence-electron chi connectivity index (χ4n) is 5.89. The van der Waals surface area contributed by atoms with Crippen LogP contribution in [0.2, 0.25) is 0 Å². The molecule has 3 heterocycles. The Morgan fingerprint density at radius 2 is 1.80 bits per heavy atom. The minimum absolute atomic E-state index is 0.0176. The maximum Gasteiger partial charge on any atom is 0.430 e. The van der Waals surface area contributed by atoms with Crippen molar-refractivity contribution in [3.63, 3.8) is 0 Å². The van der Waals surface area contributed by atoms with Gasteiger partial charge in [0.2, 0.25) is 5.91 Å². The largest absolute Gasteiger partial charge is 0.493 e. The average molecular weight is 489 g/mol. The number of amides is 2. The number of ether oxygens (including phenoxy) is 1. The normalized spacial score (nSPS) is 23.3. The molecule has 1 unspecified atom stereocenters. The number of aliphatic hydroxyl groups is 1. The Morgan fingerprint density at radius 1 is 1.09 bits per heavy atom. The Kier molecular flexibility index (Phi) is 5.78. The second-order valence-electron chi connectivity index (χ2n) is 9.70. The van der Waals surface area contributed by atoms with E-state index in [1.54, 1.807) is 0 Å². The van der Waals surface area contributed by atoms with E-state index >= 15 is 0 Å². The average Bonchev–Trinajstić information content (AvgIpc) is 3.33. The number of fused-ring (bicyclic) bond motifs is 1. The third-order valence-corrected chi connectivity index (χ3v) is 7.83. The molecule has 9 heteroatoms. The van der Waals surface area contributed by atoms with Crippen molar-refractivity contribution in [1.82, 2.24) is 10.2 Å². The van der Waals surface area contributed by atoms with Crippen molar-refractivity contribution in [2.45, 2.75) is 43.4 Å². The lowest BCUT2D eigenvalue weighted by Gasteiger charge is -2.50. The fourth-order valence-corrected chi connectivity index (χ4v) is 5.89. The zero-order valence-electron chi connectivity index (χ0n) is 19.1. The van der Waals surface area contributed by atoms with E-state index in [1.807, 2.05) is 18.2 Å². The van der Waals surface area contributed by atoms with Gasteiger partial charge in [0.15, 0.2) is 0 Å². The second-order valence-corrected chi connectivity index (χ2v) is 9.70. The molecular weight excluding hydrogens is 461 g/mol. The van der Waals surface area contributed by atoms with Crippen LogP contribution in [0.1, 0.15) is 41.9 Å². The minimum Gasteiger partial charge on any atom is -0.493 e. The van der Waals surface area contributed by atoms with Gasteiger partial charge in [0, 0.05) is 44.0 Å². The minimum atomic E-state index is -5.18. The van der Waals surface area contributed by atoms with Gasteiger partial charge in [-0.05, 0) is 29.4 Å². The number of alkyl halides is 3. The van der Waals surface area contributed by atoms with Crippen LogP contribution in [0.25, 0.3) is 0 Å². The predicted molar refractivity (Wildman–Crippen MR) is 121 cm³/mol. The van der Waals surface area contributed by atoms with Crippen LogP contribution < -0.4 is 10.1 Å². The predicted octanol–water partition coefficient (Wildman–Crippen LogP) is 3.28. The van der Waals surface area contributed by atoms with Crippen LogP contribution in [0, 0.1) is 5.41 Å². The van der Waals surface area contributed by atoms with E-state index in [2.05, 4.69) is 5.32 Å². The van der Waals surface area contributed by atoms with Gasteiger partial charge < -0.3 is 20.1 Å². The molecule has 186 valence electrons. The summed E-state index contributed by atoms with van der Waals surface area (Å²) >= 11 is 0. The van der Waals surface area contributed by atoms with E-state index in [0.29, 0.717) is 26.0 Å². The van der Waals surface area contributed by atoms with Crippen LogP contribution in [-0.4, -0.2) is 54.2 Å². The number of hydrogen-bond donors (Lipinski definition) is 2. The van der Waals surface area contributed by atoms with Crippen LogP contribution in [0.5, 0.6) is 5.75 Å². The summed E-state index contributed by atoms with van der Waals surface area (Å²) < 4.78 is 48.0. The van der Waals surface area contributed by atoms with Crippen molar-refractivity contribution in [3.05, 3.63) is 65.2 Å². The SMILES string of the molecule is O=C1CC2(CCN(C(=O)[C@](O)(c3ccccc3)C(F)(F)F)CC2)C(c2cccc3c2OCC3)CN1. The molecule has 2 aromatic carbocycles. The Labute approximate surface area is 201 Å². The number of benzene rings is 2. The molecule has 0 radical (unpaired) electrons. The Morgan fingerprint density at radius 3 is 2.49 bits per heavy atom. The zero-order valence-corrected chi connectivity index (χ0v) is 19.1. The standard InChI is InChI=1S/C26H27F3N2O4/c27-26(28,29)25(34,18-6-2-1-3-7-18)23(33)31-12-10-24(11-13-31)15-21(32)30-16-20(24)19-8-4-5-17-9-14-35-22(17)19/h1-8,20,34H,9-16H2,(H,30,32)/t20?,25-/m1/s1.